The molecule has 0 radical (unpaired) electrons. The van der Waals surface area contributed by atoms with Crippen molar-refractivity contribution in [2.45, 2.75) is 123 Å². The second-order valence-electron chi connectivity index (χ2n) is 7.63. The van der Waals surface area contributed by atoms with Crippen molar-refractivity contribution in [1.29, 1.82) is 0 Å². The smallest absolute Gasteiger partial charge is 0.275 e. The third-order valence-electron chi connectivity index (χ3n) is 5.30. The molecule has 1 aromatic rings. The van der Waals surface area contributed by atoms with E-state index in [2.05, 4.69) is 11.9 Å². The van der Waals surface area contributed by atoms with Gasteiger partial charge in [-0.05, 0) is 6.42 Å². The van der Waals surface area contributed by atoms with Crippen LogP contribution in [0.25, 0.3) is 0 Å². The van der Waals surface area contributed by atoms with Gasteiger partial charge in [-0.1, -0.05) is 104 Å². The average Bonchev–Trinajstić information content (AvgIpc) is 2.92. The minimum absolute atomic E-state index is 0.0767. The molecule has 0 aliphatic heterocycles. The lowest BCUT2D eigenvalue weighted by Crippen LogP contribution is -2.02. The molecule has 152 valence electrons. The van der Waals surface area contributed by atoms with E-state index >= 15 is 0 Å². The van der Waals surface area contributed by atoms with Crippen molar-refractivity contribution in [3.63, 3.8) is 0 Å². The van der Waals surface area contributed by atoms with Crippen molar-refractivity contribution in [1.82, 2.24) is 9.55 Å². The molecule has 0 atom stereocenters. The fraction of sp³-hybridized carbons (Fsp3) is 0.864. The molecule has 0 aliphatic rings. The third-order valence-corrected chi connectivity index (χ3v) is 5.30. The van der Waals surface area contributed by atoms with Crippen LogP contribution >= 0.6 is 0 Å². The molecule has 0 saturated heterocycles. The lowest BCUT2D eigenvalue weighted by molar-refractivity contribution is 0.362. The largest absolute Gasteiger partial charge is 0.491 e. The summed E-state index contributed by atoms with van der Waals surface area (Å²) in [6.07, 6.45) is 21.0. The number of hydrogen-bond acceptors (Lipinski definition) is 3. The number of aryl methyl sites for hydroxylation is 1. The van der Waals surface area contributed by atoms with Gasteiger partial charge in [0.15, 0.2) is 0 Å². The zero-order valence-electron chi connectivity index (χ0n) is 17.3. The predicted octanol–water partition coefficient (Wildman–Crippen LogP) is 6.73. The number of rotatable bonds is 17. The highest BCUT2D eigenvalue weighted by Gasteiger charge is 2.13. The van der Waals surface area contributed by atoms with Crippen LogP contribution < -0.4 is 0 Å². The Hall–Kier alpha value is -1.19. The van der Waals surface area contributed by atoms with Gasteiger partial charge in [0, 0.05) is 13.0 Å². The van der Waals surface area contributed by atoms with Crippen LogP contribution in [-0.4, -0.2) is 19.8 Å². The molecule has 0 amide bonds. The van der Waals surface area contributed by atoms with Crippen molar-refractivity contribution in [2.75, 3.05) is 0 Å². The topological polar surface area (TPSA) is 58.3 Å². The predicted molar refractivity (Wildman–Crippen MR) is 110 cm³/mol. The summed E-state index contributed by atoms with van der Waals surface area (Å²) in [6.45, 7) is 5.02. The summed E-state index contributed by atoms with van der Waals surface area (Å²) in [7, 11) is 0. The van der Waals surface area contributed by atoms with E-state index in [1.165, 1.54) is 89.9 Å². The minimum atomic E-state index is -0.234. The van der Waals surface area contributed by atoms with Crippen LogP contribution in [0.4, 0.5) is 0 Å². The van der Waals surface area contributed by atoms with Gasteiger partial charge in [0.25, 0.3) is 11.8 Å². The molecule has 4 nitrogen and oxygen atoms in total. The maximum absolute atomic E-state index is 9.82. The van der Waals surface area contributed by atoms with Gasteiger partial charge in [-0.3, -0.25) is 4.57 Å². The summed E-state index contributed by atoms with van der Waals surface area (Å²) < 4.78 is 1.75. The molecular formula is C22H42N2O2. The summed E-state index contributed by atoms with van der Waals surface area (Å²) in [6, 6.07) is 0. The van der Waals surface area contributed by atoms with Crippen LogP contribution in [0.3, 0.4) is 0 Å². The van der Waals surface area contributed by atoms with Crippen LogP contribution in [-0.2, 0) is 13.0 Å². The fourth-order valence-corrected chi connectivity index (χ4v) is 3.62. The monoisotopic (exact) mass is 366 g/mol. The quantitative estimate of drug-likeness (QED) is 0.301. The molecule has 1 aromatic heterocycles. The summed E-state index contributed by atoms with van der Waals surface area (Å²) in [5.74, 6) is 0.459. The van der Waals surface area contributed by atoms with E-state index in [9.17, 15) is 10.2 Å². The fourth-order valence-electron chi connectivity index (χ4n) is 3.62. The Kier molecular flexibility index (Phi) is 13.1. The van der Waals surface area contributed by atoms with Crippen molar-refractivity contribution >= 4 is 0 Å². The molecular weight excluding hydrogens is 324 g/mol. The van der Waals surface area contributed by atoms with E-state index in [4.69, 9.17) is 0 Å². The normalized spacial score (nSPS) is 11.3. The average molecular weight is 367 g/mol. The zero-order valence-corrected chi connectivity index (χ0v) is 17.3. The number of aromatic hydroxyl groups is 2. The molecule has 0 unspecified atom stereocenters. The Morgan fingerprint density at radius 2 is 1.08 bits per heavy atom. The SMILES string of the molecule is CCCCCCCCCCCCCCCCCn1c(CC)nc(O)c1O. The van der Waals surface area contributed by atoms with Gasteiger partial charge in [-0.2, -0.15) is 4.98 Å². The second kappa shape index (κ2) is 14.9. The van der Waals surface area contributed by atoms with Crippen molar-refractivity contribution < 1.29 is 10.2 Å². The van der Waals surface area contributed by atoms with E-state index in [-0.39, 0.29) is 11.8 Å². The molecule has 0 aliphatic carbocycles. The number of unbranched alkanes of at least 4 members (excludes halogenated alkanes) is 14. The lowest BCUT2D eigenvalue weighted by Gasteiger charge is -2.07. The van der Waals surface area contributed by atoms with Gasteiger partial charge in [0.1, 0.15) is 5.82 Å². The van der Waals surface area contributed by atoms with E-state index in [0.717, 1.165) is 25.2 Å². The van der Waals surface area contributed by atoms with Crippen LogP contribution in [0.15, 0.2) is 0 Å². The Bertz CT molecular complexity index is 457. The van der Waals surface area contributed by atoms with Gasteiger partial charge in [0.2, 0.25) is 0 Å². The molecule has 1 heterocycles. The molecule has 0 bridgehead atoms. The summed E-state index contributed by atoms with van der Waals surface area (Å²) >= 11 is 0. The molecule has 0 fully saturated rings. The van der Waals surface area contributed by atoms with Crippen molar-refractivity contribution in [2.24, 2.45) is 0 Å². The summed E-state index contributed by atoms with van der Waals surface area (Å²) in [5, 5.41) is 19.3. The van der Waals surface area contributed by atoms with Crippen LogP contribution in [0.1, 0.15) is 116 Å². The minimum Gasteiger partial charge on any atom is -0.491 e. The van der Waals surface area contributed by atoms with Gasteiger partial charge in [-0.15, -0.1) is 0 Å². The van der Waals surface area contributed by atoms with E-state index in [0.29, 0.717) is 0 Å². The number of nitrogens with zero attached hydrogens (tertiary/aromatic N) is 2. The molecule has 26 heavy (non-hydrogen) atoms. The first-order valence-corrected chi connectivity index (χ1v) is 11.2. The highest BCUT2D eigenvalue weighted by atomic mass is 16.3. The summed E-state index contributed by atoms with van der Waals surface area (Å²) in [4.78, 5) is 3.99. The van der Waals surface area contributed by atoms with E-state index in [1.54, 1.807) is 4.57 Å². The highest BCUT2D eigenvalue weighted by Crippen LogP contribution is 2.26. The highest BCUT2D eigenvalue weighted by molar-refractivity contribution is 5.26. The van der Waals surface area contributed by atoms with Crippen LogP contribution in [0.5, 0.6) is 11.8 Å². The molecule has 2 N–H and O–H groups in total. The van der Waals surface area contributed by atoms with Gasteiger partial charge >= 0.3 is 0 Å². The summed E-state index contributed by atoms with van der Waals surface area (Å²) in [5.41, 5.74) is 0. The maximum Gasteiger partial charge on any atom is 0.275 e. The molecule has 0 aromatic carbocycles. The van der Waals surface area contributed by atoms with E-state index in [1.807, 2.05) is 6.92 Å². The van der Waals surface area contributed by atoms with Crippen LogP contribution in [0.2, 0.25) is 0 Å². The first kappa shape index (κ1) is 22.9. The standard InChI is InChI=1S/C22H42N2O2/c1-3-5-6-7-8-9-10-11-12-13-14-15-16-17-18-19-24-20(4-2)23-21(25)22(24)26/h25-26H,3-19H2,1-2H3. The Morgan fingerprint density at radius 1 is 0.654 bits per heavy atom. The second-order valence-corrected chi connectivity index (χ2v) is 7.63. The van der Waals surface area contributed by atoms with Gasteiger partial charge < -0.3 is 10.2 Å². The van der Waals surface area contributed by atoms with Crippen molar-refractivity contribution in [3.05, 3.63) is 5.82 Å². The maximum atomic E-state index is 9.82. The molecule has 0 spiro atoms. The molecule has 1 rings (SSSR count). The Morgan fingerprint density at radius 3 is 1.50 bits per heavy atom. The first-order valence-electron chi connectivity index (χ1n) is 11.2. The number of aromatic nitrogens is 2. The zero-order chi connectivity index (χ0) is 19.0. The van der Waals surface area contributed by atoms with Gasteiger partial charge in [-0.25, -0.2) is 0 Å². The molecule has 4 heteroatoms. The Balaban J connectivity index is 1.88. The Labute approximate surface area is 161 Å². The van der Waals surface area contributed by atoms with E-state index < -0.39 is 0 Å². The first-order chi connectivity index (χ1) is 12.7. The third kappa shape index (κ3) is 9.49. The number of hydrogen-bond donors (Lipinski definition) is 2. The van der Waals surface area contributed by atoms with Crippen LogP contribution in [0, 0.1) is 0 Å². The van der Waals surface area contributed by atoms with Crippen molar-refractivity contribution in [3.8, 4) is 11.8 Å². The van der Waals surface area contributed by atoms with Gasteiger partial charge in [0.05, 0.1) is 0 Å². The molecule has 0 saturated carbocycles. The lowest BCUT2D eigenvalue weighted by atomic mass is 10.0. The number of imidazole rings is 1.